The van der Waals surface area contributed by atoms with Crippen molar-refractivity contribution in [1.82, 2.24) is 0 Å². The molecule has 1 atom stereocenters. The zero-order valence-corrected chi connectivity index (χ0v) is 19.3. The minimum Gasteiger partial charge on any atom is -0.380 e. The van der Waals surface area contributed by atoms with E-state index in [4.69, 9.17) is 4.74 Å². The van der Waals surface area contributed by atoms with Gasteiger partial charge in [0.05, 0.1) is 6.61 Å². The first-order chi connectivity index (χ1) is 14.3. The van der Waals surface area contributed by atoms with Crippen molar-refractivity contribution >= 4 is 17.5 Å². The smallest absolute Gasteiger partial charge is 0.166 e. The van der Waals surface area contributed by atoms with Crippen molar-refractivity contribution < 1.29 is 9.84 Å². The zero-order valence-electron chi connectivity index (χ0n) is 19.3. The van der Waals surface area contributed by atoms with Gasteiger partial charge in [-0.15, -0.1) is 0 Å². The largest absolute Gasteiger partial charge is 0.380 e. The maximum atomic E-state index is 11.7. The van der Waals surface area contributed by atoms with Gasteiger partial charge in [0.15, 0.2) is 5.72 Å². The molecule has 0 bridgehead atoms. The van der Waals surface area contributed by atoms with Crippen LogP contribution in [0.25, 0.3) is 6.08 Å². The Morgan fingerprint density at radius 2 is 1.87 bits per heavy atom. The van der Waals surface area contributed by atoms with Gasteiger partial charge in [0.2, 0.25) is 0 Å². The molecule has 2 aromatic rings. The third-order valence-corrected chi connectivity index (χ3v) is 6.58. The summed E-state index contributed by atoms with van der Waals surface area (Å²) in [6, 6.07) is 14.8. The third kappa shape index (κ3) is 3.86. The lowest BCUT2D eigenvalue weighted by Gasteiger charge is -2.39. The van der Waals surface area contributed by atoms with Gasteiger partial charge in [-0.25, -0.2) is 0 Å². The summed E-state index contributed by atoms with van der Waals surface area (Å²) in [6.07, 6.45) is 4.00. The van der Waals surface area contributed by atoms with Crippen molar-refractivity contribution in [1.29, 1.82) is 0 Å². The normalized spacial score (nSPS) is 20.0. The quantitative estimate of drug-likeness (QED) is 0.625. The molecule has 3 rings (SSSR count). The highest BCUT2D eigenvalue weighted by molar-refractivity contribution is 5.69. The number of aryl methyl sites for hydroxylation is 1. The van der Waals surface area contributed by atoms with Crippen molar-refractivity contribution in [2.45, 2.75) is 45.8 Å². The first-order valence-corrected chi connectivity index (χ1v) is 10.9. The molecule has 1 N–H and O–H groups in total. The SMILES string of the molecule is CCOCCN(CC)c1ccc(/C=C/C2(O)N(C)c3ccccc3C2(C)C)c(C)c1. The third-order valence-electron chi connectivity index (χ3n) is 6.58. The molecule has 0 saturated heterocycles. The molecule has 1 heterocycles. The molecule has 0 aromatic heterocycles. The molecule has 0 fully saturated rings. The van der Waals surface area contributed by atoms with E-state index in [1.54, 1.807) is 0 Å². The summed E-state index contributed by atoms with van der Waals surface area (Å²) in [5.74, 6) is 0. The van der Waals surface area contributed by atoms with E-state index in [9.17, 15) is 5.11 Å². The Kier molecular flexibility index (Phi) is 6.59. The molecule has 1 aliphatic rings. The van der Waals surface area contributed by atoms with Crippen LogP contribution >= 0.6 is 0 Å². The summed E-state index contributed by atoms with van der Waals surface area (Å²) in [7, 11) is 1.96. The van der Waals surface area contributed by atoms with Gasteiger partial charge >= 0.3 is 0 Å². The standard InChI is InChI=1S/C26H36N2O2/c1-7-28(17-18-30-8-2)22-14-13-21(20(3)19-22)15-16-26(29)25(4,5)23-11-9-10-12-24(23)27(26)6/h9-16,19,29H,7-8,17-18H2,1-6H3/b16-15+. The lowest BCUT2D eigenvalue weighted by atomic mass is 9.77. The molecule has 4 heteroatoms. The number of hydrogen-bond acceptors (Lipinski definition) is 4. The lowest BCUT2D eigenvalue weighted by molar-refractivity contribution is 0.0348. The topological polar surface area (TPSA) is 35.9 Å². The van der Waals surface area contributed by atoms with Crippen LogP contribution in [-0.2, 0) is 10.2 Å². The summed E-state index contributed by atoms with van der Waals surface area (Å²) in [5.41, 5.74) is 4.26. The summed E-state index contributed by atoms with van der Waals surface area (Å²) in [6.45, 7) is 13.8. The fourth-order valence-electron chi connectivity index (χ4n) is 4.45. The summed E-state index contributed by atoms with van der Waals surface area (Å²) in [5, 5.41) is 11.7. The van der Waals surface area contributed by atoms with Gasteiger partial charge in [-0.2, -0.15) is 0 Å². The fraction of sp³-hybridized carbons (Fsp3) is 0.462. The van der Waals surface area contributed by atoms with E-state index in [0.29, 0.717) is 0 Å². The van der Waals surface area contributed by atoms with Gasteiger partial charge in [-0.05, 0) is 61.7 Å². The van der Waals surface area contributed by atoms with E-state index < -0.39 is 11.1 Å². The van der Waals surface area contributed by atoms with E-state index in [0.717, 1.165) is 37.6 Å². The fourth-order valence-corrected chi connectivity index (χ4v) is 4.45. The molecule has 4 nitrogen and oxygen atoms in total. The Balaban J connectivity index is 1.84. The lowest BCUT2D eigenvalue weighted by Crippen LogP contribution is -2.52. The molecule has 0 aliphatic carbocycles. The van der Waals surface area contributed by atoms with E-state index in [1.165, 1.54) is 16.8 Å². The molecule has 0 amide bonds. The van der Waals surface area contributed by atoms with E-state index in [1.807, 2.05) is 37.1 Å². The highest BCUT2D eigenvalue weighted by atomic mass is 16.5. The van der Waals surface area contributed by atoms with Crippen molar-refractivity contribution in [3.63, 3.8) is 0 Å². The summed E-state index contributed by atoms with van der Waals surface area (Å²) < 4.78 is 5.52. The van der Waals surface area contributed by atoms with Crippen LogP contribution in [0.4, 0.5) is 11.4 Å². The van der Waals surface area contributed by atoms with Crippen LogP contribution in [0.1, 0.15) is 44.4 Å². The second kappa shape index (κ2) is 8.83. The molecule has 162 valence electrons. The summed E-state index contributed by atoms with van der Waals surface area (Å²) >= 11 is 0. The van der Waals surface area contributed by atoms with Gasteiger partial charge in [0.25, 0.3) is 0 Å². The molecule has 0 spiro atoms. The van der Waals surface area contributed by atoms with Crippen molar-refractivity contribution in [2.75, 3.05) is 43.2 Å². The maximum Gasteiger partial charge on any atom is 0.166 e. The Morgan fingerprint density at radius 3 is 2.50 bits per heavy atom. The second-order valence-corrected chi connectivity index (χ2v) is 8.58. The van der Waals surface area contributed by atoms with Crippen LogP contribution in [0.5, 0.6) is 0 Å². The molecule has 1 aliphatic heterocycles. The number of fused-ring (bicyclic) bond motifs is 1. The summed E-state index contributed by atoms with van der Waals surface area (Å²) in [4.78, 5) is 4.31. The molecular weight excluding hydrogens is 372 g/mol. The predicted octanol–water partition coefficient (Wildman–Crippen LogP) is 4.99. The minimum absolute atomic E-state index is 0.416. The first-order valence-electron chi connectivity index (χ1n) is 10.9. The van der Waals surface area contributed by atoms with E-state index in [2.05, 4.69) is 69.0 Å². The van der Waals surface area contributed by atoms with Crippen molar-refractivity contribution in [3.8, 4) is 0 Å². The Bertz CT molecular complexity index is 906. The first kappa shape index (κ1) is 22.4. The number of hydrogen-bond donors (Lipinski definition) is 1. The molecule has 0 saturated carbocycles. The van der Waals surface area contributed by atoms with Crippen LogP contribution in [-0.4, -0.2) is 44.2 Å². The number of rotatable bonds is 8. The van der Waals surface area contributed by atoms with E-state index in [-0.39, 0.29) is 0 Å². The Morgan fingerprint density at radius 1 is 1.13 bits per heavy atom. The van der Waals surface area contributed by atoms with Gasteiger partial charge in [0.1, 0.15) is 0 Å². The highest BCUT2D eigenvalue weighted by Crippen LogP contribution is 2.50. The number of ether oxygens (including phenoxy) is 1. The number of nitrogens with zero attached hydrogens (tertiary/aromatic N) is 2. The maximum absolute atomic E-state index is 11.7. The van der Waals surface area contributed by atoms with Crippen LogP contribution in [0, 0.1) is 6.92 Å². The van der Waals surface area contributed by atoms with Crippen LogP contribution in [0.2, 0.25) is 0 Å². The molecule has 0 radical (unpaired) electrons. The zero-order chi connectivity index (χ0) is 21.9. The van der Waals surface area contributed by atoms with Crippen LogP contribution in [0.15, 0.2) is 48.5 Å². The van der Waals surface area contributed by atoms with E-state index >= 15 is 0 Å². The number of likely N-dealkylation sites (N-methyl/N-ethyl adjacent to an activating group) is 2. The number of para-hydroxylation sites is 1. The number of benzene rings is 2. The van der Waals surface area contributed by atoms with Crippen LogP contribution < -0.4 is 9.80 Å². The second-order valence-electron chi connectivity index (χ2n) is 8.58. The minimum atomic E-state index is -1.09. The van der Waals surface area contributed by atoms with Gasteiger partial charge in [0, 0.05) is 43.5 Å². The monoisotopic (exact) mass is 408 g/mol. The number of aliphatic hydroxyl groups is 1. The molecular formula is C26H36N2O2. The van der Waals surface area contributed by atoms with Gasteiger partial charge in [-0.3, -0.25) is 0 Å². The average molecular weight is 409 g/mol. The number of anilines is 2. The van der Waals surface area contributed by atoms with Gasteiger partial charge < -0.3 is 19.6 Å². The Hall–Kier alpha value is -2.30. The van der Waals surface area contributed by atoms with Crippen molar-refractivity contribution in [3.05, 3.63) is 65.2 Å². The predicted molar refractivity (Wildman–Crippen MR) is 127 cm³/mol. The highest BCUT2D eigenvalue weighted by Gasteiger charge is 2.53. The molecule has 2 aromatic carbocycles. The van der Waals surface area contributed by atoms with Crippen molar-refractivity contribution in [2.24, 2.45) is 0 Å². The molecule has 30 heavy (non-hydrogen) atoms. The molecule has 1 unspecified atom stereocenters. The average Bonchev–Trinajstić information content (AvgIpc) is 2.89. The van der Waals surface area contributed by atoms with Gasteiger partial charge in [-0.1, -0.05) is 44.2 Å². The van der Waals surface area contributed by atoms with Crippen LogP contribution in [0.3, 0.4) is 0 Å². The Labute approximate surface area is 181 Å².